The lowest BCUT2D eigenvalue weighted by Gasteiger charge is -2.17. The van der Waals surface area contributed by atoms with Crippen molar-refractivity contribution in [3.63, 3.8) is 0 Å². The number of benzene rings is 1. The van der Waals surface area contributed by atoms with Crippen molar-refractivity contribution in [1.29, 1.82) is 0 Å². The molecule has 4 rings (SSSR count). The van der Waals surface area contributed by atoms with Crippen LogP contribution < -0.4 is 10.2 Å². The first-order chi connectivity index (χ1) is 13.3. The van der Waals surface area contributed by atoms with Gasteiger partial charge in [-0.05, 0) is 56.4 Å². The molecule has 8 heteroatoms. The van der Waals surface area contributed by atoms with E-state index >= 15 is 0 Å². The van der Waals surface area contributed by atoms with Crippen LogP contribution in [0, 0.1) is 0 Å². The molecule has 1 atom stereocenters. The molecule has 1 aromatic carbocycles. The lowest BCUT2D eigenvalue weighted by atomic mass is 9.95. The molecule has 2 aromatic rings. The van der Waals surface area contributed by atoms with Crippen molar-refractivity contribution < 1.29 is 13.2 Å². The van der Waals surface area contributed by atoms with Gasteiger partial charge >= 0.3 is 0 Å². The van der Waals surface area contributed by atoms with E-state index in [-0.39, 0.29) is 23.5 Å². The summed E-state index contributed by atoms with van der Waals surface area (Å²) in [5.74, 6) is 0.0932. The zero-order valence-electron chi connectivity index (χ0n) is 16.3. The molecular weight excluding hydrogens is 376 g/mol. The molecule has 0 spiro atoms. The molecule has 1 saturated heterocycles. The largest absolute Gasteiger partial charge is 0.378 e. The second-order valence-electron chi connectivity index (χ2n) is 7.88. The fourth-order valence-corrected chi connectivity index (χ4v) is 5.80. The molecule has 7 nitrogen and oxygen atoms in total. The van der Waals surface area contributed by atoms with E-state index in [1.54, 1.807) is 0 Å². The number of fused-ring (bicyclic) bond motifs is 1. The molecule has 1 N–H and O–H groups in total. The minimum Gasteiger partial charge on any atom is -0.378 e. The van der Waals surface area contributed by atoms with E-state index in [0.29, 0.717) is 12.1 Å². The summed E-state index contributed by atoms with van der Waals surface area (Å²) in [5.41, 5.74) is 4.25. The third-order valence-corrected chi connectivity index (χ3v) is 7.37. The van der Waals surface area contributed by atoms with Crippen LogP contribution in [-0.2, 0) is 22.7 Å². The Morgan fingerprint density at radius 1 is 1.18 bits per heavy atom. The number of hydrogen-bond donors (Lipinski definition) is 1. The van der Waals surface area contributed by atoms with Crippen molar-refractivity contribution in [3.8, 4) is 0 Å². The number of hydrogen-bond acceptors (Lipinski definition) is 5. The maximum atomic E-state index is 12.9. The molecule has 2 heterocycles. The summed E-state index contributed by atoms with van der Waals surface area (Å²) in [6.07, 6.45) is 4.31. The van der Waals surface area contributed by atoms with Crippen molar-refractivity contribution in [3.05, 3.63) is 41.2 Å². The van der Waals surface area contributed by atoms with Gasteiger partial charge < -0.3 is 10.2 Å². The van der Waals surface area contributed by atoms with Gasteiger partial charge in [0.1, 0.15) is 0 Å². The third kappa shape index (κ3) is 3.65. The molecule has 1 fully saturated rings. The van der Waals surface area contributed by atoms with Crippen LogP contribution in [0.1, 0.15) is 47.1 Å². The second kappa shape index (κ2) is 7.24. The molecule has 150 valence electrons. The Bertz CT molecular complexity index is 993. The van der Waals surface area contributed by atoms with Gasteiger partial charge in [-0.3, -0.25) is 9.48 Å². The van der Waals surface area contributed by atoms with Crippen molar-refractivity contribution in [2.75, 3.05) is 35.8 Å². The van der Waals surface area contributed by atoms with Crippen LogP contribution in [0.4, 0.5) is 11.4 Å². The molecule has 1 aromatic heterocycles. The average Bonchev–Trinajstić information content (AvgIpc) is 3.22. The predicted molar refractivity (Wildman–Crippen MR) is 110 cm³/mol. The first-order valence-electron chi connectivity index (χ1n) is 9.73. The summed E-state index contributed by atoms with van der Waals surface area (Å²) in [6.45, 7) is 0. The van der Waals surface area contributed by atoms with Crippen LogP contribution in [0.3, 0.4) is 0 Å². The monoisotopic (exact) mass is 402 g/mol. The van der Waals surface area contributed by atoms with Crippen LogP contribution in [-0.4, -0.2) is 49.7 Å². The quantitative estimate of drug-likeness (QED) is 0.849. The highest BCUT2D eigenvalue weighted by Gasteiger charge is 2.34. The molecule has 0 unspecified atom stereocenters. The van der Waals surface area contributed by atoms with Gasteiger partial charge in [0, 0.05) is 36.7 Å². The first-order valence-corrected chi connectivity index (χ1v) is 11.6. The fourth-order valence-electron chi connectivity index (χ4n) is 4.11. The van der Waals surface area contributed by atoms with E-state index in [4.69, 9.17) is 0 Å². The summed E-state index contributed by atoms with van der Waals surface area (Å²) < 4.78 is 25.7. The smallest absolute Gasteiger partial charge is 0.276 e. The maximum Gasteiger partial charge on any atom is 0.276 e. The standard InChI is InChI=1S/C20H26N4O3S/c1-23(2)15-9-7-14(8-10-15)21-20(25)19-17-5-3-4-6-18(17)24(22-19)16-11-12-28(26,27)13-16/h7-10,16H,3-6,11-13H2,1-2H3,(H,21,25)/t16-/m0/s1. The van der Waals surface area contributed by atoms with Crippen LogP contribution in [0.2, 0.25) is 0 Å². The van der Waals surface area contributed by atoms with Crippen LogP contribution in [0.5, 0.6) is 0 Å². The SMILES string of the molecule is CN(C)c1ccc(NC(=O)c2nn([C@H]3CCS(=O)(=O)C3)c3c2CCCC3)cc1. The molecule has 1 aliphatic carbocycles. The topological polar surface area (TPSA) is 84.3 Å². The molecule has 1 aliphatic heterocycles. The van der Waals surface area contributed by atoms with Gasteiger partial charge in [-0.1, -0.05) is 0 Å². The van der Waals surface area contributed by atoms with E-state index in [1.165, 1.54) is 0 Å². The average molecular weight is 403 g/mol. The number of anilines is 2. The zero-order chi connectivity index (χ0) is 19.9. The van der Waals surface area contributed by atoms with Gasteiger partial charge in [-0.2, -0.15) is 5.10 Å². The van der Waals surface area contributed by atoms with E-state index in [0.717, 1.165) is 48.3 Å². The highest BCUT2D eigenvalue weighted by Crippen LogP contribution is 2.31. The fraction of sp³-hybridized carbons (Fsp3) is 0.500. The Hall–Kier alpha value is -2.35. The number of nitrogens with one attached hydrogen (secondary N) is 1. The number of sulfone groups is 1. The number of carbonyl (C=O) groups excluding carboxylic acids is 1. The Labute approximate surface area is 165 Å². The molecule has 1 amide bonds. The van der Waals surface area contributed by atoms with E-state index in [9.17, 15) is 13.2 Å². The maximum absolute atomic E-state index is 12.9. The Kier molecular flexibility index (Phi) is 4.91. The lowest BCUT2D eigenvalue weighted by molar-refractivity contribution is 0.102. The molecule has 0 radical (unpaired) electrons. The minimum absolute atomic E-state index is 0.119. The molecule has 0 saturated carbocycles. The number of aromatic nitrogens is 2. The van der Waals surface area contributed by atoms with E-state index in [1.807, 2.05) is 47.9 Å². The zero-order valence-corrected chi connectivity index (χ0v) is 17.1. The van der Waals surface area contributed by atoms with Crippen LogP contribution in [0.25, 0.3) is 0 Å². The Morgan fingerprint density at radius 3 is 2.54 bits per heavy atom. The van der Waals surface area contributed by atoms with Crippen molar-refractivity contribution >= 4 is 27.1 Å². The molecular formula is C20H26N4O3S. The number of nitrogens with zero attached hydrogens (tertiary/aromatic N) is 3. The van der Waals surface area contributed by atoms with Crippen molar-refractivity contribution in [1.82, 2.24) is 9.78 Å². The number of rotatable bonds is 4. The highest BCUT2D eigenvalue weighted by atomic mass is 32.2. The number of amides is 1. The molecule has 2 aliphatic rings. The van der Waals surface area contributed by atoms with Gasteiger partial charge in [0.2, 0.25) is 0 Å². The summed E-state index contributed by atoms with van der Waals surface area (Å²) in [5, 5.41) is 7.56. The first kappa shape index (κ1) is 19.0. The Balaban J connectivity index is 1.61. The van der Waals surface area contributed by atoms with Gasteiger partial charge in [0.15, 0.2) is 15.5 Å². The summed E-state index contributed by atoms with van der Waals surface area (Å²) in [7, 11) is 0.930. The summed E-state index contributed by atoms with van der Waals surface area (Å²) in [6, 6.07) is 7.50. The lowest BCUT2D eigenvalue weighted by Crippen LogP contribution is -2.17. The molecule has 28 heavy (non-hydrogen) atoms. The van der Waals surface area contributed by atoms with E-state index < -0.39 is 9.84 Å². The minimum atomic E-state index is -3.01. The van der Waals surface area contributed by atoms with Gasteiger partial charge in [0.05, 0.1) is 17.5 Å². The third-order valence-electron chi connectivity index (χ3n) is 5.62. The normalized spacial score (nSPS) is 20.6. The van der Waals surface area contributed by atoms with Gasteiger partial charge in [0.25, 0.3) is 5.91 Å². The van der Waals surface area contributed by atoms with Crippen molar-refractivity contribution in [2.24, 2.45) is 0 Å². The highest BCUT2D eigenvalue weighted by molar-refractivity contribution is 7.91. The second-order valence-corrected chi connectivity index (χ2v) is 10.1. The van der Waals surface area contributed by atoms with Crippen LogP contribution in [0.15, 0.2) is 24.3 Å². The number of carbonyl (C=O) groups is 1. The van der Waals surface area contributed by atoms with Crippen LogP contribution >= 0.6 is 0 Å². The summed E-state index contributed by atoms with van der Waals surface area (Å²) >= 11 is 0. The van der Waals surface area contributed by atoms with E-state index in [2.05, 4.69) is 10.4 Å². The molecule has 0 bridgehead atoms. The van der Waals surface area contributed by atoms with Crippen molar-refractivity contribution in [2.45, 2.75) is 38.1 Å². The van der Waals surface area contributed by atoms with Gasteiger partial charge in [-0.15, -0.1) is 0 Å². The Morgan fingerprint density at radius 2 is 1.89 bits per heavy atom. The predicted octanol–water partition coefficient (Wildman–Crippen LogP) is 2.44. The summed E-state index contributed by atoms with van der Waals surface area (Å²) in [4.78, 5) is 14.9. The van der Waals surface area contributed by atoms with Gasteiger partial charge in [-0.25, -0.2) is 8.42 Å².